The maximum Gasteiger partial charge on any atom is 0.254 e. The Morgan fingerprint density at radius 1 is 1.11 bits per heavy atom. The van der Waals surface area contributed by atoms with Crippen LogP contribution in [0.5, 0.6) is 5.75 Å². The van der Waals surface area contributed by atoms with Crippen LogP contribution in [0.15, 0.2) is 59.7 Å². The molecule has 0 spiro atoms. The molecule has 5 nitrogen and oxygen atoms in total. The largest absolute Gasteiger partial charge is 0.487 e. The molecule has 28 heavy (non-hydrogen) atoms. The Kier molecular flexibility index (Phi) is 5.21. The highest BCUT2D eigenvalue weighted by molar-refractivity contribution is 5.34. The minimum atomic E-state index is -0.387. The van der Waals surface area contributed by atoms with Gasteiger partial charge < -0.3 is 9.30 Å². The number of halogens is 1. The van der Waals surface area contributed by atoms with Crippen molar-refractivity contribution in [3.8, 4) is 5.75 Å². The van der Waals surface area contributed by atoms with Crippen molar-refractivity contribution in [3.05, 3.63) is 93.4 Å². The quantitative estimate of drug-likeness (QED) is 0.660. The lowest BCUT2D eigenvalue weighted by Gasteiger charge is -2.09. The first kappa shape index (κ1) is 18.4. The van der Waals surface area contributed by atoms with Gasteiger partial charge in [0.1, 0.15) is 18.2 Å². The Balaban J connectivity index is 1.36. The molecule has 3 aromatic rings. The standard InChI is InChI=1S/C22H22FN3O2/c1-25-13-17-3-2-16(10-18(17)14-25)6-8-26-9-7-21(11-22(26)27)28-15-20-5-4-19(23)12-24-20/h2-5,7,9-12H,6,8,13-15H2,1H3. The second-order valence-corrected chi connectivity index (χ2v) is 7.18. The molecule has 0 bridgehead atoms. The fraction of sp³-hybridized carbons (Fsp3) is 0.273. The first-order chi connectivity index (χ1) is 13.6. The summed E-state index contributed by atoms with van der Waals surface area (Å²) in [7, 11) is 2.12. The Morgan fingerprint density at radius 2 is 1.96 bits per heavy atom. The molecule has 4 rings (SSSR count). The number of pyridine rings is 2. The van der Waals surface area contributed by atoms with E-state index in [1.165, 1.54) is 28.8 Å². The van der Waals surface area contributed by atoms with Crippen LogP contribution in [-0.4, -0.2) is 21.5 Å². The molecule has 2 aromatic heterocycles. The van der Waals surface area contributed by atoms with Gasteiger partial charge in [-0.15, -0.1) is 0 Å². The van der Waals surface area contributed by atoms with Crippen LogP contribution in [0.1, 0.15) is 22.4 Å². The molecule has 0 unspecified atom stereocenters. The van der Waals surface area contributed by atoms with E-state index in [-0.39, 0.29) is 18.0 Å². The number of aromatic nitrogens is 2. The van der Waals surface area contributed by atoms with Gasteiger partial charge in [0.05, 0.1) is 11.9 Å². The number of rotatable bonds is 6. The zero-order valence-corrected chi connectivity index (χ0v) is 15.8. The topological polar surface area (TPSA) is 47.4 Å². The lowest BCUT2D eigenvalue weighted by molar-refractivity contribution is 0.299. The molecule has 1 aliphatic heterocycles. The van der Waals surface area contributed by atoms with Crippen LogP contribution >= 0.6 is 0 Å². The maximum atomic E-state index is 12.9. The van der Waals surface area contributed by atoms with Crippen LogP contribution in [0, 0.1) is 5.82 Å². The zero-order valence-electron chi connectivity index (χ0n) is 15.8. The average Bonchev–Trinajstić information content (AvgIpc) is 3.06. The van der Waals surface area contributed by atoms with E-state index in [0.717, 1.165) is 25.7 Å². The molecule has 1 aliphatic rings. The Bertz CT molecular complexity index is 1030. The number of hydrogen-bond donors (Lipinski definition) is 0. The molecule has 0 aliphatic carbocycles. The summed E-state index contributed by atoms with van der Waals surface area (Å²) in [5.74, 6) is 0.0923. The fourth-order valence-corrected chi connectivity index (χ4v) is 3.44. The molecule has 3 heterocycles. The Morgan fingerprint density at radius 3 is 2.75 bits per heavy atom. The second-order valence-electron chi connectivity index (χ2n) is 7.18. The van der Waals surface area contributed by atoms with E-state index in [1.54, 1.807) is 22.9 Å². The second kappa shape index (κ2) is 7.94. The predicted octanol–water partition coefficient (Wildman–Crippen LogP) is 3.15. The molecular formula is C22H22FN3O2. The van der Waals surface area contributed by atoms with Gasteiger partial charge in [-0.25, -0.2) is 4.39 Å². The number of aryl methyl sites for hydroxylation is 2. The van der Waals surface area contributed by atoms with Gasteiger partial charge in [0, 0.05) is 31.9 Å². The summed E-state index contributed by atoms with van der Waals surface area (Å²) in [4.78, 5) is 18.6. The van der Waals surface area contributed by atoms with Crippen molar-refractivity contribution in [1.29, 1.82) is 0 Å². The zero-order chi connectivity index (χ0) is 19.5. The van der Waals surface area contributed by atoms with Crippen molar-refractivity contribution >= 4 is 0 Å². The number of nitrogens with zero attached hydrogens (tertiary/aromatic N) is 3. The highest BCUT2D eigenvalue weighted by Gasteiger charge is 2.15. The normalized spacial score (nSPS) is 13.5. The van der Waals surface area contributed by atoms with Crippen molar-refractivity contribution in [3.63, 3.8) is 0 Å². The molecule has 0 fully saturated rings. The summed E-state index contributed by atoms with van der Waals surface area (Å²) >= 11 is 0. The number of ether oxygens (including phenoxy) is 1. The molecule has 1 aromatic carbocycles. The SMILES string of the molecule is CN1Cc2ccc(CCn3ccc(OCc4ccc(F)cn4)cc3=O)cc2C1. The molecule has 6 heteroatoms. The molecule has 0 N–H and O–H groups in total. The van der Waals surface area contributed by atoms with Crippen LogP contribution < -0.4 is 10.3 Å². The summed E-state index contributed by atoms with van der Waals surface area (Å²) < 4.78 is 20.1. The third kappa shape index (κ3) is 4.28. The van der Waals surface area contributed by atoms with Gasteiger partial charge in [-0.05, 0) is 48.4 Å². The predicted molar refractivity (Wildman–Crippen MR) is 105 cm³/mol. The van der Waals surface area contributed by atoms with E-state index in [4.69, 9.17) is 4.74 Å². The van der Waals surface area contributed by atoms with Gasteiger partial charge in [-0.2, -0.15) is 0 Å². The lowest BCUT2D eigenvalue weighted by Crippen LogP contribution is -2.19. The third-order valence-electron chi connectivity index (χ3n) is 4.94. The summed E-state index contributed by atoms with van der Waals surface area (Å²) in [6.07, 6.45) is 3.70. The molecule has 144 valence electrons. The monoisotopic (exact) mass is 379 g/mol. The summed E-state index contributed by atoms with van der Waals surface area (Å²) in [5, 5.41) is 0. The van der Waals surface area contributed by atoms with Crippen LogP contribution in [-0.2, 0) is 32.7 Å². The van der Waals surface area contributed by atoms with Crippen molar-refractivity contribution in [1.82, 2.24) is 14.5 Å². The van der Waals surface area contributed by atoms with Gasteiger partial charge in [0.25, 0.3) is 5.56 Å². The van der Waals surface area contributed by atoms with Crippen molar-refractivity contribution in [2.24, 2.45) is 0 Å². The van der Waals surface area contributed by atoms with Gasteiger partial charge in [-0.1, -0.05) is 18.2 Å². The Labute approximate surface area is 163 Å². The van der Waals surface area contributed by atoms with Crippen LogP contribution in [0.25, 0.3) is 0 Å². The first-order valence-corrected chi connectivity index (χ1v) is 9.30. The maximum absolute atomic E-state index is 12.9. The smallest absolute Gasteiger partial charge is 0.254 e. The highest BCUT2D eigenvalue weighted by Crippen LogP contribution is 2.22. The minimum absolute atomic E-state index is 0.106. The van der Waals surface area contributed by atoms with Crippen molar-refractivity contribution in [2.45, 2.75) is 32.7 Å². The van der Waals surface area contributed by atoms with Crippen molar-refractivity contribution < 1.29 is 9.13 Å². The van der Waals surface area contributed by atoms with E-state index in [1.807, 2.05) is 0 Å². The van der Waals surface area contributed by atoms with Gasteiger partial charge in [-0.3, -0.25) is 14.7 Å². The molecular weight excluding hydrogens is 357 g/mol. The Hall–Kier alpha value is -2.99. The number of fused-ring (bicyclic) bond motifs is 1. The van der Waals surface area contributed by atoms with Crippen molar-refractivity contribution in [2.75, 3.05) is 7.05 Å². The van der Waals surface area contributed by atoms with Gasteiger partial charge >= 0.3 is 0 Å². The summed E-state index contributed by atoms with van der Waals surface area (Å²) in [5.41, 5.74) is 4.51. The van der Waals surface area contributed by atoms with Gasteiger partial charge in [0.2, 0.25) is 0 Å². The van der Waals surface area contributed by atoms with E-state index in [2.05, 4.69) is 35.1 Å². The van der Waals surface area contributed by atoms with Crippen LogP contribution in [0.2, 0.25) is 0 Å². The molecule has 0 radical (unpaired) electrons. The first-order valence-electron chi connectivity index (χ1n) is 9.30. The summed E-state index contributed by atoms with van der Waals surface area (Å²) in [6.45, 7) is 2.79. The summed E-state index contributed by atoms with van der Waals surface area (Å²) in [6, 6.07) is 12.7. The van der Waals surface area contributed by atoms with E-state index < -0.39 is 0 Å². The molecule has 0 saturated carbocycles. The molecule has 0 amide bonds. The fourth-order valence-electron chi connectivity index (χ4n) is 3.44. The van der Waals surface area contributed by atoms with Gasteiger partial charge in [0.15, 0.2) is 0 Å². The molecule has 0 atom stereocenters. The molecule has 0 saturated heterocycles. The average molecular weight is 379 g/mol. The number of hydrogen-bond acceptors (Lipinski definition) is 4. The minimum Gasteiger partial charge on any atom is -0.487 e. The van der Waals surface area contributed by atoms with Crippen LogP contribution in [0.4, 0.5) is 4.39 Å². The number of benzene rings is 1. The third-order valence-corrected chi connectivity index (χ3v) is 4.94. The van der Waals surface area contributed by atoms with Crippen LogP contribution in [0.3, 0.4) is 0 Å². The van der Waals surface area contributed by atoms with E-state index in [9.17, 15) is 9.18 Å². The van der Waals surface area contributed by atoms with E-state index in [0.29, 0.717) is 18.0 Å². The van der Waals surface area contributed by atoms with E-state index >= 15 is 0 Å². The lowest BCUT2D eigenvalue weighted by atomic mass is 10.0. The highest BCUT2D eigenvalue weighted by atomic mass is 19.1.